The molecule has 0 saturated carbocycles. The van der Waals surface area contributed by atoms with Gasteiger partial charge in [0.1, 0.15) is 0 Å². The molecule has 0 radical (unpaired) electrons. The molecule has 0 aliphatic rings. The van der Waals surface area contributed by atoms with Gasteiger partial charge >= 0.3 is 0 Å². The van der Waals surface area contributed by atoms with Crippen molar-refractivity contribution in [2.45, 2.75) is 63.4 Å². The van der Waals surface area contributed by atoms with Crippen LogP contribution in [0.1, 0.15) is 59.2 Å². The van der Waals surface area contributed by atoms with Gasteiger partial charge in [0.15, 0.2) is 5.82 Å². The SMILES string of the molecule is CCC(CC)(CN)c1nc(CSC(C)(C)C)no1. The number of rotatable bonds is 6. The Morgan fingerprint density at radius 2 is 1.83 bits per heavy atom. The molecule has 1 heterocycles. The highest BCUT2D eigenvalue weighted by Gasteiger charge is 2.33. The third kappa shape index (κ3) is 3.72. The van der Waals surface area contributed by atoms with Crippen LogP contribution in [0.2, 0.25) is 0 Å². The van der Waals surface area contributed by atoms with Crippen LogP contribution in [-0.2, 0) is 11.2 Å². The van der Waals surface area contributed by atoms with E-state index in [2.05, 4.69) is 44.8 Å². The molecular formula is C13H25N3OS. The summed E-state index contributed by atoms with van der Waals surface area (Å²) in [5.74, 6) is 2.24. The zero-order valence-electron chi connectivity index (χ0n) is 12.1. The van der Waals surface area contributed by atoms with Crippen LogP contribution in [0.3, 0.4) is 0 Å². The van der Waals surface area contributed by atoms with E-state index in [0.29, 0.717) is 12.4 Å². The molecule has 0 unspecified atom stereocenters. The second kappa shape index (κ2) is 6.06. The van der Waals surface area contributed by atoms with E-state index in [4.69, 9.17) is 10.3 Å². The summed E-state index contributed by atoms with van der Waals surface area (Å²) >= 11 is 1.82. The first-order valence-corrected chi connectivity index (χ1v) is 7.52. The second-order valence-corrected chi connectivity index (χ2v) is 7.41. The number of hydrogen-bond acceptors (Lipinski definition) is 5. The van der Waals surface area contributed by atoms with Crippen molar-refractivity contribution in [3.8, 4) is 0 Å². The molecule has 0 bridgehead atoms. The van der Waals surface area contributed by atoms with Gasteiger partial charge in [-0.1, -0.05) is 39.8 Å². The maximum atomic E-state index is 5.88. The maximum Gasteiger partial charge on any atom is 0.234 e. The molecule has 104 valence electrons. The van der Waals surface area contributed by atoms with Gasteiger partial charge in [0.25, 0.3) is 0 Å². The molecule has 0 fully saturated rings. The summed E-state index contributed by atoms with van der Waals surface area (Å²) in [6.07, 6.45) is 1.85. The second-order valence-electron chi connectivity index (χ2n) is 5.61. The Kier molecular flexibility index (Phi) is 5.22. The molecule has 0 saturated heterocycles. The predicted molar refractivity (Wildman–Crippen MR) is 76.7 cm³/mol. The number of nitrogens with zero attached hydrogens (tertiary/aromatic N) is 2. The summed E-state index contributed by atoms with van der Waals surface area (Å²) in [6, 6.07) is 0. The molecule has 0 spiro atoms. The van der Waals surface area contributed by atoms with E-state index in [-0.39, 0.29) is 10.2 Å². The van der Waals surface area contributed by atoms with E-state index < -0.39 is 0 Å². The van der Waals surface area contributed by atoms with Gasteiger partial charge < -0.3 is 10.3 Å². The van der Waals surface area contributed by atoms with Gasteiger partial charge in [-0.2, -0.15) is 4.98 Å². The molecule has 0 aliphatic carbocycles. The summed E-state index contributed by atoms with van der Waals surface area (Å²) in [7, 11) is 0. The summed E-state index contributed by atoms with van der Waals surface area (Å²) in [6.45, 7) is 11.3. The molecule has 4 nitrogen and oxygen atoms in total. The van der Waals surface area contributed by atoms with E-state index in [1.165, 1.54) is 0 Å². The number of nitrogens with two attached hydrogens (primary N) is 1. The summed E-state index contributed by atoms with van der Waals surface area (Å²) in [5, 5.41) is 4.07. The lowest BCUT2D eigenvalue weighted by atomic mass is 9.82. The van der Waals surface area contributed by atoms with Crippen molar-refractivity contribution < 1.29 is 4.52 Å². The zero-order chi connectivity index (χ0) is 13.8. The lowest BCUT2D eigenvalue weighted by Crippen LogP contribution is -2.34. The Morgan fingerprint density at radius 1 is 1.22 bits per heavy atom. The lowest BCUT2D eigenvalue weighted by molar-refractivity contribution is 0.266. The van der Waals surface area contributed by atoms with Gasteiger partial charge in [0, 0.05) is 11.3 Å². The highest BCUT2D eigenvalue weighted by Crippen LogP contribution is 2.31. The molecule has 0 aliphatic heterocycles. The minimum atomic E-state index is -0.155. The minimum absolute atomic E-state index is 0.155. The average molecular weight is 271 g/mol. The van der Waals surface area contributed by atoms with Crippen molar-refractivity contribution in [3.63, 3.8) is 0 Å². The summed E-state index contributed by atoms with van der Waals surface area (Å²) in [4.78, 5) is 4.52. The molecule has 0 amide bonds. The van der Waals surface area contributed by atoms with Crippen molar-refractivity contribution in [2.75, 3.05) is 6.54 Å². The normalized spacial score (nSPS) is 13.0. The quantitative estimate of drug-likeness (QED) is 0.861. The van der Waals surface area contributed by atoms with E-state index in [9.17, 15) is 0 Å². The Morgan fingerprint density at radius 3 is 2.28 bits per heavy atom. The van der Waals surface area contributed by atoms with Crippen molar-refractivity contribution >= 4 is 11.8 Å². The number of hydrogen-bond donors (Lipinski definition) is 1. The van der Waals surface area contributed by atoms with Gasteiger partial charge in [-0.05, 0) is 12.8 Å². The molecule has 1 rings (SSSR count). The first-order valence-electron chi connectivity index (χ1n) is 6.54. The topological polar surface area (TPSA) is 64.9 Å². The summed E-state index contributed by atoms with van der Waals surface area (Å²) in [5.41, 5.74) is 5.73. The molecule has 0 atom stereocenters. The van der Waals surface area contributed by atoms with Crippen LogP contribution < -0.4 is 5.73 Å². The van der Waals surface area contributed by atoms with Gasteiger partial charge in [-0.3, -0.25) is 0 Å². The average Bonchev–Trinajstić information content (AvgIpc) is 2.78. The minimum Gasteiger partial charge on any atom is -0.339 e. The Bertz CT molecular complexity index is 358. The highest BCUT2D eigenvalue weighted by molar-refractivity contribution is 7.99. The first-order chi connectivity index (χ1) is 8.37. The van der Waals surface area contributed by atoms with E-state index in [1.807, 2.05) is 11.8 Å². The van der Waals surface area contributed by atoms with Crippen molar-refractivity contribution in [1.29, 1.82) is 0 Å². The molecule has 5 heteroatoms. The van der Waals surface area contributed by atoms with E-state index in [0.717, 1.165) is 24.4 Å². The van der Waals surface area contributed by atoms with E-state index >= 15 is 0 Å². The fourth-order valence-corrected chi connectivity index (χ4v) is 2.42. The smallest absolute Gasteiger partial charge is 0.234 e. The Balaban J connectivity index is 2.79. The molecule has 2 N–H and O–H groups in total. The van der Waals surface area contributed by atoms with Crippen LogP contribution in [0, 0.1) is 0 Å². The highest BCUT2D eigenvalue weighted by atomic mass is 32.2. The molecule has 0 aromatic carbocycles. The van der Waals surface area contributed by atoms with Crippen LogP contribution in [0.5, 0.6) is 0 Å². The van der Waals surface area contributed by atoms with Gasteiger partial charge in [-0.15, -0.1) is 11.8 Å². The number of aromatic nitrogens is 2. The van der Waals surface area contributed by atoms with Gasteiger partial charge in [0.2, 0.25) is 5.89 Å². The standard InChI is InChI=1S/C13H25N3OS/c1-6-13(7-2,9-14)11-15-10(16-17-11)8-18-12(3,4)5/h6-9,14H2,1-5H3. The predicted octanol–water partition coefficient (Wildman–Crippen LogP) is 3.12. The monoisotopic (exact) mass is 271 g/mol. The van der Waals surface area contributed by atoms with Crippen LogP contribution in [0.4, 0.5) is 0 Å². The molecule has 1 aromatic heterocycles. The van der Waals surface area contributed by atoms with Crippen molar-refractivity contribution in [2.24, 2.45) is 5.73 Å². The fraction of sp³-hybridized carbons (Fsp3) is 0.846. The Hall–Kier alpha value is -0.550. The maximum absolute atomic E-state index is 5.88. The van der Waals surface area contributed by atoms with E-state index in [1.54, 1.807) is 0 Å². The van der Waals surface area contributed by atoms with Crippen molar-refractivity contribution in [1.82, 2.24) is 10.1 Å². The lowest BCUT2D eigenvalue weighted by Gasteiger charge is -2.24. The van der Waals surface area contributed by atoms with Gasteiger partial charge in [0.05, 0.1) is 11.2 Å². The summed E-state index contributed by atoms with van der Waals surface area (Å²) < 4.78 is 5.62. The fourth-order valence-electron chi connectivity index (χ4n) is 1.74. The van der Waals surface area contributed by atoms with Gasteiger partial charge in [-0.25, -0.2) is 0 Å². The van der Waals surface area contributed by atoms with Crippen LogP contribution in [0.15, 0.2) is 4.52 Å². The number of thioether (sulfide) groups is 1. The van der Waals surface area contributed by atoms with Crippen molar-refractivity contribution in [3.05, 3.63) is 11.7 Å². The Labute approximate surface area is 114 Å². The van der Waals surface area contributed by atoms with Crippen LogP contribution in [0.25, 0.3) is 0 Å². The first kappa shape index (κ1) is 15.5. The van der Waals surface area contributed by atoms with Crippen LogP contribution in [-0.4, -0.2) is 21.4 Å². The largest absolute Gasteiger partial charge is 0.339 e. The van der Waals surface area contributed by atoms with Crippen LogP contribution >= 0.6 is 11.8 Å². The third-order valence-corrected chi connectivity index (χ3v) is 4.57. The third-order valence-electron chi connectivity index (χ3n) is 3.30. The zero-order valence-corrected chi connectivity index (χ0v) is 12.9. The molecule has 18 heavy (non-hydrogen) atoms. The molecule has 1 aromatic rings. The molecular weight excluding hydrogens is 246 g/mol.